The van der Waals surface area contributed by atoms with Crippen molar-refractivity contribution in [2.24, 2.45) is 17.8 Å². The van der Waals surface area contributed by atoms with E-state index in [1.165, 1.54) is 7.11 Å². The van der Waals surface area contributed by atoms with Crippen molar-refractivity contribution in [2.75, 3.05) is 13.7 Å². The third-order valence-corrected chi connectivity index (χ3v) is 3.84. The van der Waals surface area contributed by atoms with E-state index >= 15 is 0 Å². The third kappa shape index (κ3) is 1.38. The zero-order chi connectivity index (χ0) is 12.2. The van der Waals surface area contributed by atoms with Crippen molar-refractivity contribution >= 4 is 5.97 Å². The molecule has 0 aromatic heterocycles. The molecule has 17 heavy (non-hydrogen) atoms. The fourth-order valence-electron chi connectivity index (χ4n) is 3.01. The van der Waals surface area contributed by atoms with Crippen LogP contribution in [0.4, 0.5) is 0 Å². The SMILES string of the molecule is COC(=O)[C@H]1[C@H]2C=C[C@@]3(O)CO[C@@H](O[C@@H]1O)[C@@H]23. The van der Waals surface area contributed by atoms with Crippen LogP contribution in [0.15, 0.2) is 12.2 Å². The summed E-state index contributed by atoms with van der Waals surface area (Å²) in [7, 11) is 1.26. The highest BCUT2D eigenvalue weighted by Gasteiger charge is 2.61. The standard InChI is InChI=1S/C11H14O6/c1-15-8(12)6-5-2-3-11(14)4-16-10(7(5)11)17-9(6)13/h2-3,5-7,9-10,13-14H,4H2,1H3/t5-,6-,7-,9+,10+,11-/m1/s1. The molecule has 6 atom stereocenters. The Hall–Kier alpha value is -0.950. The Balaban J connectivity index is 1.95. The molecule has 2 heterocycles. The Morgan fingerprint density at radius 2 is 2.35 bits per heavy atom. The van der Waals surface area contributed by atoms with Crippen LogP contribution in [0.1, 0.15) is 0 Å². The number of esters is 1. The Morgan fingerprint density at radius 1 is 1.59 bits per heavy atom. The number of carbonyl (C=O) groups excluding carboxylic acids is 1. The van der Waals surface area contributed by atoms with Crippen LogP contribution in [-0.4, -0.2) is 48.1 Å². The van der Waals surface area contributed by atoms with Gasteiger partial charge in [-0.2, -0.15) is 0 Å². The molecule has 0 bridgehead atoms. The van der Waals surface area contributed by atoms with Crippen LogP contribution >= 0.6 is 0 Å². The number of carbonyl (C=O) groups is 1. The highest BCUT2D eigenvalue weighted by Crippen LogP contribution is 2.50. The maximum absolute atomic E-state index is 11.6. The van der Waals surface area contributed by atoms with E-state index in [-0.39, 0.29) is 18.4 Å². The van der Waals surface area contributed by atoms with Crippen molar-refractivity contribution in [1.82, 2.24) is 0 Å². The number of hydrogen-bond acceptors (Lipinski definition) is 6. The lowest BCUT2D eigenvalue weighted by Gasteiger charge is -2.39. The number of aliphatic hydroxyl groups is 2. The van der Waals surface area contributed by atoms with E-state index in [9.17, 15) is 15.0 Å². The zero-order valence-corrected chi connectivity index (χ0v) is 9.28. The number of aliphatic hydroxyl groups excluding tert-OH is 1. The number of methoxy groups -OCH3 is 1. The minimum Gasteiger partial charge on any atom is -0.469 e. The van der Waals surface area contributed by atoms with Gasteiger partial charge in [-0.05, 0) is 0 Å². The predicted molar refractivity (Wildman–Crippen MR) is 53.4 cm³/mol. The second-order valence-electron chi connectivity index (χ2n) is 4.71. The van der Waals surface area contributed by atoms with Crippen LogP contribution < -0.4 is 0 Å². The minimum absolute atomic E-state index is 0.121. The largest absolute Gasteiger partial charge is 0.469 e. The van der Waals surface area contributed by atoms with Gasteiger partial charge >= 0.3 is 5.97 Å². The molecule has 3 aliphatic rings. The van der Waals surface area contributed by atoms with Crippen molar-refractivity contribution in [1.29, 1.82) is 0 Å². The summed E-state index contributed by atoms with van der Waals surface area (Å²) in [6.45, 7) is 0.121. The molecule has 94 valence electrons. The summed E-state index contributed by atoms with van der Waals surface area (Å²) in [4.78, 5) is 11.6. The van der Waals surface area contributed by atoms with E-state index in [1.807, 2.05) is 0 Å². The highest BCUT2D eigenvalue weighted by molar-refractivity contribution is 5.74. The smallest absolute Gasteiger partial charge is 0.314 e. The normalized spacial score (nSPS) is 51.4. The average Bonchev–Trinajstić information content (AvgIpc) is 2.80. The second-order valence-corrected chi connectivity index (χ2v) is 4.71. The molecule has 2 N–H and O–H groups in total. The molecule has 6 heteroatoms. The quantitative estimate of drug-likeness (QED) is 0.454. The van der Waals surface area contributed by atoms with Crippen molar-refractivity contribution < 1.29 is 29.2 Å². The summed E-state index contributed by atoms with van der Waals surface area (Å²) in [6, 6.07) is 0. The Kier molecular flexibility index (Phi) is 2.31. The van der Waals surface area contributed by atoms with Crippen molar-refractivity contribution in [3.05, 3.63) is 12.2 Å². The topological polar surface area (TPSA) is 85.2 Å². The van der Waals surface area contributed by atoms with Gasteiger partial charge in [0.2, 0.25) is 0 Å². The van der Waals surface area contributed by atoms with Crippen LogP contribution in [0.2, 0.25) is 0 Å². The Morgan fingerprint density at radius 3 is 3.06 bits per heavy atom. The van der Waals surface area contributed by atoms with E-state index in [0.717, 1.165) is 0 Å². The molecule has 0 aromatic rings. The predicted octanol–water partition coefficient (Wildman–Crippen LogP) is -0.986. The molecule has 1 aliphatic carbocycles. The molecule has 6 nitrogen and oxygen atoms in total. The molecule has 2 fully saturated rings. The molecular formula is C11H14O6. The average molecular weight is 242 g/mol. The fourth-order valence-corrected chi connectivity index (χ4v) is 3.01. The van der Waals surface area contributed by atoms with Crippen LogP contribution in [0.5, 0.6) is 0 Å². The van der Waals surface area contributed by atoms with Gasteiger partial charge in [0, 0.05) is 5.92 Å². The summed E-state index contributed by atoms with van der Waals surface area (Å²) in [5.41, 5.74) is -1.10. The molecule has 0 aromatic carbocycles. The highest BCUT2D eigenvalue weighted by atomic mass is 16.7. The van der Waals surface area contributed by atoms with Crippen LogP contribution in [0.3, 0.4) is 0 Å². The summed E-state index contributed by atoms with van der Waals surface area (Å²) in [5, 5.41) is 20.1. The molecule has 0 unspecified atom stereocenters. The van der Waals surface area contributed by atoms with Gasteiger partial charge in [-0.15, -0.1) is 0 Å². The van der Waals surface area contributed by atoms with Crippen LogP contribution in [0.25, 0.3) is 0 Å². The van der Waals surface area contributed by atoms with E-state index in [0.29, 0.717) is 0 Å². The van der Waals surface area contributed by atoms with Crippen molar-refractivity contribution in [2.45, 2.75) is 18.2 Å². The maximum atomic E-state index is 11.6. The van der Waals surface area contributed by atoms with Gasteiger partial charge in [-0.3, -0.25) is 4.79 Å². The molecule has 2 aliphatic heterocycles. The van der Waals surface area contributed by atoms with Crippen LogP contribution in [-0.2, 0) is 19.0 Å². The van der Waals surface area contributed by atoms with Gasteiger partial charge in [-0.25, -0.2) is 0 Å². The molecule has 0 radical (unpaired) electrons. The van der Waals surface area contributed by atoms with E-state index in [2.05, 4.69) is 4.74 Å². The summed E-state index contributed by atoms with van der Waals surface area (Å²) in [6.07, 6.45) is 1.43. The molecule has 0 amide bonds. The summed E-state index contributed by atoms with van der Waals surface area (Å²) >= 11 is 0. The first kappa shape index (κ1) is 11.2. The first-order chi connectivity index (χ1) is 8.07. The fraction of sp³-hybridized carbons (Fsp3) is 0.727. The molecule has 0 spiro atoms. The maximum Gasteiger partial charge on any atom is 0.314 e. The minimum atomic E-state index is -1.27. The number of rotatable bonds is 1. The van der Waals surface area contributed by atoms with Gasteiger partial charge in [0.15, 0.2) is 12.6 Å². The zero-order valence-electron chi connectivity index (χ0n) is 9.28. The van der Waals surface area contributed by atoms with Crippen molar-refractivity contribution in [3.63, 3.8) is 0 Å². The molecule has 0 saturated carbocycles. The lowest BCUT2D eigenvalue weighted by molar-refractivity contribution is -0.280. The molecular weight excluding hydrogens is 228 g/mol. The number of ether oxygens (including phenoxy) is 3. The van der Waals surface area contributed by atoms with E-state index in [4.69, 9.17) is 9.47 Å². The third-order valence-electron chi connectivity index (χ3n) is 3.84. The molecule has 3 rings (SSSR count). The Bertz CT molecular complexity index is 380. The summed E-state index contributed by atoms with van der Waals surface area (Å²) in [5.74, 6) is -2.02. The first-order valence-electron chi connectivity index (χ1n) is 5.51. The van der Waals surface area contributed by atoms with E-state index < -0.39 is 30.1 Å². The monoisotopic (exact) mass is 242 g/mol. The number of allylic oxidation sites excluding steroid dienone is 1. The van der Waals surface area contributed by atoms with Gasteiger partial charge in [0.05, 0.1) is 19.6 Å². The van der Waals surface area contributed by atoms with Gasteiger partial charge in [-0.1, -0.05) is 12.2 Å². The lowest BCUT2D eigenvalue weighted by Crippen LogP contribution is -2.51. The first-order valence-corrected chi connectivity index (χ1v) is 5.51. The van der Waals surface area contributed by atoms with E-state index in [1.54, 1.807) is 12.2 Å². The number of hydrogen-bond donors (Lipinski definition) is 2. The van der Waals surface area contributed by atoms with Gasteiger partial charge in [0.1, 0.15) is 11.5 Å². The van der Waals surface area contributed by atoms with Gasteiger partial charge < -0.3 is 24.4 Å². The van der Waals surface area contributed by atoms with Crippen LogP contribution in [0, 0.1) is 17.8 Å². The lowest BCUT2D eigenvalue weighted by atomic mass is 9.77. The van der Waals surface area contributed by atoms with Gasteiger partial charge in [0.25, 0.3) is 0 Å². The Labute approximate surface area is 97.8 Å². The second kappa shape index (κ2) is 3.52. The summed E-state index contributed by atoms with van der Waals surface area (Å²) < 4.78 is 15.2. The molecule has 2 saturated heterocycles. The van der Waals surface area contributed by atoms with Crippen molar-refractivity contribution in [3.8, 4) is 0 Å².